The molecule has 0 saturated carbocycles. The molecule has 1 atom stereocenters. The normalized spacial score (nSPS) is 20.6. The third-order valence-corrected chi connectivity index (χ3v) is 6.03. The fourth-order valence-corrected chi connectivity index (χ4v) is 4.18. The number of aliphatic imine (C=N–C) groups is 1. The van der Waals surface area contributed by atoms with Crippen molar-refractivity contribution in [3.63, 3.8) is 0 Å². The molecule has 30 heavy (non-hydrogen) atoms. The van der Waals surface area contributed by atoms with Gasteiger partial charge in [0.25, 0.3) is 0 Å². The van der Waals surface area contributed by atoms with E-state index in [-0.39, 0.29) is 24.0 Å². The molecule has 3 rings (SSSR count). The lowest BCUT2D eigenvalue weighted by Gasteiger charge is -2.35. The van der Waals surface area contributed by atoms with Gasteiger partial charge in [-0.25, -0.2) is 0 Å². The van der Waals surface area contributed by atoms with Crippen molar-refractivity contribution in [3.05, 3.63) is 28.8 Å². The van der Waals surface area contributed by atoms with Crippen molar-refractivity contribution < 1.29 is 14.2 Å². The second-order valence-corrected chi connectivity index (χ2v) is 8.10. The van der Waals surface area contributed by atoms with E-state index < -0.39 is 0 Å². The molecular formula is C22H35ClIN3O3. The van der Waals surface area contributed by atoms with Crippen molar-refractivity contribution in [3.8, 4) is 5.75 Å². The third-order valence-electron chi connectivity index (χ3n) is 5.68. The highest BCUT2D eigenvalue weighted by Gasteiger charge is 2.23. The van der Waals surface area contributed by atoms with E-state index in [1.807, 2.05) is 25.2 Å². The van der Waals surface area contributed by atoms with Gasteiger partial charge < -0.3 is 24.4 Å². The number of likely N-dealkylation sites (tertiary alicyclic amines) is 1. The van der Waals surface area contributed by atoms with Gasteiger partial charge in [-0.15, -0.1) is 24.0 Å². The van der Waals surface area contributed by atoms with Crippen molar-refractivity contribution in [1.29, 1.82) is 0 Å². The summed E-state index contributed by atoms with van der Waals surface area (Å²) in [5, 5.41) is 4.20. The SMILES string of the molecule is CN=C(NCCc1ccc(OC)cc1Cl)N1CCC(OCC2CCCCO2)CC1.I. The average Bonchev–Trinajstić information content (AvgIpc) is 2.77. The van der Waals surface area contributed by atoms with Crippen molar-refractivity contribution in [1.82, 2.24) is 10.2 Å². The van der Waals surface area contributed by atoms with E-state index in [1.165, 1.54) is 12.8 Å². The van der Waals surface area contributed by atoms with Crippen LogP contribution in [0.4, 0.5) is 0 Å². The Hall–Kier alpha value is -0.770. The number of benzene rings is 1. The number of ether oxygens (including phenoxy) is 3. The summed E-state index contributed by atoms with van der Waals surface area (Å²) in [6, 6.07) is 5.82. The number of methoxy groups -OCH3 is 1. The quantitative estimate of drug-likeness (QED) is 0.314. The van der Waals surface area contributed by atoms with Crippen LogP contribution in [-0.4, -0.2) is 70.1 Å². The Morgan fingerprint density at radius 2 is 2.07 bits per heavy atom. The zero-order valence-corrected chi connectivity index (χ0v) is 21.2. The molecule has 0 spiro atoms. The lowest BCUT2D eigenvalue weighted by Crippen LogP contribution is -2.47. The third kappa shape index (κ3) is 7.73. The Labute approximate surface area is 202 Å². The summed E-state index contributed by atoms with van der Waals surface area (Å²) in [5.41, 5.74) is 1.10. The fourth-order valence-electron chi connectivity index (χ4n) is 3.92. The highest BCUT2D eigenvalue weighted by atomic mass is 127. The molecule has 1 N–H and O–H groups in total. The first-order chi connectivity index (χ1) is 14.2. The first-order valence-electron chi connectivity index (χ1n) is 10.7. The monoisotopic (exact) mass is 551 g/mol. The highest BCUT2D eigenvalue weighted by molar-refractivity contribution is 14.0. The minimum atomic E-state index is 0. The molecule has 2 heterocycles. The first kappa shape index (κ1) is 25.5. The summed E-state index contributed by atoms with van der Waals surface area (Å²) in [7, 11) is 3.49. The van der Waals surface area contributed by atoms with Crippen LogP contribution in [0.5, 0.6) is 5.75 Å². The Balaban J connectivity index is 0.00000320. The molecule has 0 bridgehead atoms. The second kappa shape index (κ2) is 13.6. The topological polar surface area (TPSA) is 55.3 Å². The van der Waals surface area contributed by atoms with E-state index >= 15 is 0 Å². The molecule has 8 heteroatoms. The lowest BCUT2D eigenvalue weighted by atomic mass is 10.1. The fraction of sp³-hybridized carbons (Fsp3) is 0.682. The summed E-state index contributed by atoms with van der Waals surface area (Å²) in [6.07, 6.45) is 7.09. The second-order valence-electron chi connectivity index (χ2n) is 7.69. The van der Waals surface area contributed by atoms with E-state index in [1.54, 1.807) is 7.11 Å². The lowest BCUT2D eigenvalue weighted by molar-refractivity contribution is -0.0721. The van der Waals surface area contributed by atoms with Crippen LogP contribution in [0.25, 0.3) is 0 Å². The van der Waals surface area contributed by atoms with Gasteiger partial charge in [0.2, 0.25) is 0 Å². The number of hydrogen-bond donors (Lipinski definition) is 1. The molecule has 0 aliphatic carbocycles. The Bertz CT molecular complexity index is 663. The van der Waals surface area contributed by atoms with Gasteiger partial charge in [-0.2, -0.15) is 0 Å². The highest BCUT2D eigenvalue weighted by Crippen LogP contribution is 2.22. The van der Waals surface area contributed by atoms with Crippen molar-refractivity contribution in [2.75, 3.05) is 47.0 Å². The molecule has 170 valence electrons. The minimum absolute atomic E-state index is 0. The first-order valence-corrected chi connectivity index (χ1v) is 11.1. The van der Waals surface area contributed by atoms with Crippen LogP contribution in [-0.2, 0) is 15.9 Å². The van der Waals surface area contributed by atoms with Crippen LogP contribution in [0.2, 0.25) is 5.02 Å². The predicted octanol–water partition coefficient (Wildman–Crippen LogP) is 4.13. The molecule has 1 aromatic rings. The molecule has 0 amide bonds. The molecule has 2 aliphatic heterocycles. The van der Waals surface area contributed by atoms with Gasteiger partial charge in [0, 0.05) is 38.3 Å². The maximum atomic E-state index is 6.34. The van der Waals surface area contributed by atoms with E-state index in [2.05, 4.69) is 15.2 Å². The van der Waals surface area contributed by atoms with Gasteiger partial charge in [-0.05, 0) is 56.2 Å². The number of piperidine rings is 1. The average molecular weight is 552 g/mol. The van der Waals surface area contributed by atoms with E-state index in [0.717, 1.165) is 80.8 Å². The van der Waals surface area contributed by atoms with Crippen LogP contribution in [0.1, 0.15) is 37.7 Å². The smallest absolute Gasteiger partial charge is 0.193 e. The summed E-state index contributed by atoms with van der Waals surface area (Å²) in [6.45, 7) is 4.32. The molecule has 0 aromatic heterocycles. The van der Waals surface area contributed by atoms with Crippen molar-refractivity contribution >= 4 is 41.5 Å². The predicted molar refractivity (Wildman–Crippen MR) is 133 cm³/mol. The van der Waals surface area contributed by atoms with Gasteiger partial charge in [0.05, 0.1) is 25.9 Å². The van der Waals surface area contributed by atoms with Crippen LogP contribution < -0.4 is 10.1 Å². The number of guanidine groups is 1. The number of hydrogen-bond acceptors (Lipinski definition) is 4. The van der Waals surface area contributed by atoms with Crippen molar-refractivity contribution in [2.24, 2.45) is 4.99 Å². The summed E-state index contributed by atoms with van der Waals surface area (Å²) >= 11 is 6.34. The molecule has 2 fully saturated rings. The van der Waals surface area contributed by atoms with Gasteiger partial charge >= 0.3 is 0 Å². The van der Waals surface area contributed by atoms with Gasteiger partial charge in [0.15, 0.2) is 5.96 Å². The largest absolute Gasteiger partial charge is 0.497 e. The number of nitrogens with zero attached hydrogens (tertiary/aromatic N) is 2. The Morgan fingerprint density at radius 1 is 1.27 bits per heavy atom. The summed E-state index contributed by atoms with van der Waals surface area (Å²) < 4.78 is 17.1. The Kier molecular flexibility index (Phi) is 11.6. The maximum absolute atomic E-state index is 6.34. The molecule has 2 aliphatic rings. The molecule has 0 radical (unpaired) electrons. The molecule has 1 aromatic carbocycles. The van der Waals surface area contributed by atoms with E-state index in [9.17, 15) is 0 Å². The standard InChI is InChI=1S/C22H34ClN3O3.HI/c1-24-22(25-11-8-17-6-7-19(27-2)15-21(17)23)26-12-9-18(10-13-26)29-16-20-5-3-4-14-28-20;/h6-7,15,18,20H,3-5,8-14,16H2,1-2H3,(H,24,25);1H. The minimum Gasteiger partial charge on any atom is -0.497 e. The van der Waals surface area contributed by atoms with Crippen LogP contribution in [0.3, 0.4) is 0 Å². The van der Waals surface area contributed by atoms with E-state index in [0.29, 0.717) is 12.2 Å². The Morgan fingerprint density at radius 3 is 2.70 bits per heavy atom. The summed E-state index contributed by atoms with van der Waals surface area (Å²) in [5.74, 6) is 1.73. The van der Waals surface area contributed by atoms with Crippen molar-refractivity contribution in [2.45, 2.75) is 50.7 Å². The number of rotatable bonds is 7. The molecule has 2 saturated heterocycles. The zero-order chi connectivity index (χ0) is 20.5. The molecular weight excluding hydrogens is 517 g/mol. The van der Waals surface area contributed by atoms with Gasteiger partial charge in [0.1, 0.15) is 5.75 Å². The van der Waals surface area contributed by atoms with Crippen LogP contribution in [0.15, 0.2) is 23.2 Å². The summed E-state index contributed by atoms with van der Waals surface area (Å²) in [4.78, 5) is 6.77. The van der Waals surface area contributed by atoms with Crippen LogP contribution in [0, 0.1) is 0 Å². The zero-order valence-electron chi connectivity index (χ0n) is 18.1. The van der Waals surface area contributed by atoms with Crippen LogP contribution >= 0.6 is 35.6 Å². The van der Waals surface area contributed by atoms with E-state index in [4.69, 9.17) is 25.8 Å². The molecule has 1 unspecified atom stereocenters. The maximum Gasteiger partial charge on any atom is 0.193 e. The van der Waals surface area contributed by atoms with Gasteiger partial charge in [-0.1, -0.05) is 17.7 Å². The van der Waals surface area contributed by atoms with Gasteiger partial charge in [-0.3, -0.25) is 4.99 Å². The molecule has 6 nitrogen and oxygen atoms in total. The number of halogens is 2. The number of nitrogens with one attached hydrogen (secondary N) is 1.